The zero-order valence-corrected chi connectivity index (χ0v) is 15.0. The Morgan fingerprint density at radius 2 is 1.79 bits per heavy atom. The maximum Gasteiger partial charge on any atom is 0.255 e. The number of hydrogen-bond acceptors (Lipinski definition) is 3. The number of carbonyl (C=O) groups is 2. The van der Waals surface area contributed by atoms with Gasteiger partial charge in [-0.1, -0.05) is 29.8 Å². The van der Waals surface area contributed by atoms with Gasteiger partial charge >= 0.3 is 0 Å². The molecule has 2 amide bonds. The molecule has 1 aromatic rings. The van der Waals surface area contributed by atoms with E-state index in [0.29, 0.717) is 0 Å². The van der Waals surface area contributed by atoms with Crippen molar-refractivity contribution in [1.82, 2.24) is 15.8 Å². The fourth-order valence-electron chi connectivity index (χ4n) is 3.17. The zero-order valence-electron chi connectivity index (χ0n) is 15.0. The molecule has 1 fully saturated rings. The predicted molar refractivity (Wildman–Crippen MR) is 95.2 cm³/mol. The lowest BCUT2D eigenvalue weighted by molar-refractivity contribution is -0.131. The van der Waals surface area contributed by atoms with Gasteiger partial charge in [-0.25, -0.2) is 0 Å². The second kappa shape index (κ2) is 8.83. The number of aryl methyl sites for hydroxylation is 2. The summed E-state index contributed by atoms with van der Waals surface area (Å²) >= 11 is 0. The zero-order chi connectivity index (χ0) is 17.5. The number of likely N-dealkylation sites (tertiary alicyclic amines) is 1. The summed E-state index contributed by atoms with van der Waals surface area (Å²) in [6.07, 6.45) is 4.60. The second-order valence-electron chi connectivity index (χ2n) is 6.85. The quantitative estimate of drug-likeness (QED) is 0.813. The largest absolute Gasteiger partial charge is 0.292 e. The van der Waals surface area contributed by atoms with Crippen LogP contribution in [-0.4, -0.2) is 35.8 Å². The van der Waals surface area contributed by atoms with Crippen LogP contribution >= 0.6 is 0 Å². The Morgan fingerprint density at radius 3 is 2.38 bits per heavy atom. The van der Waals surface area contributed by atoms with Crippen molar-refractivity contribution in [3.8, 4) is 0 Å². The van der Waals surface area contributed by atoms with Gasteiger partial charge in [0.05, 0.1) is 6.04 Å². The Balaban J connectivity index is 1.71. The minimum Gasteiger partial charge on any atom is -0.292 e. The number of hydrazine groups is 1. The van der Waals surface area contributed by atoms with Crippen LogP contribution in [0.3, 0.4) is 0 Å². The average molecular weight is 331 g/mol. The van der Waals surface area contributed by atoms with Gasteiger partial charge in [-0.3, -0.25) is 25.3 Å². The molecule has 5 nitrogen and oxygen atoms in total. The lowest BCUT2D eigenvalue weighted by Gasteiger charge is -2.35. The van der Waals surface area contributed by atoms with Gasteiger partial charge in [0.25, 0.3) is 5.91 Å². The minimum absolute atomic E-state index is 0.150. The first-order valence-corrected chi connectivity index (χ1v) is 8.81. The van der Waals surface area contributed by atoms with Gasteiger partial charge in [0, 0.05) is 6.92 Å². The van der Waals surface area contributed by atoms with E-state index < -0.39 is 0 Å². The van der Waals surface area contributed by atoms with Crippen LogP contribution in [0, 0.1) is 12.8 Å². The van der Waals surface area contributed by atoms with Crippen LogP contribution in [0.25, 0.3) is 0 Å². The third-order valence-electron chi connectivity index (χ3n) is 4.90. The molecule has 0 radical (unpaired) electrons. The molecule has 1 aliphatic heterocycles. The van der Waals surface area contributed by atoms with Crippen LogP contribution in [0.15, 0.2) is 24.3 Å². The first-order chi connectivity index (χ1) is 11.5. The monoisotopic (exact) mass is 331 g/mol. The van der Waals surface area contributed by atoms with E-state index in [-0.39, 0.29) is 17.9 Å². The Kier molecular flexibility index (Phi) is 6.79. The summed E-state index contributed by atoms with van der Waals surface area (Å²) < 4.78 is 0. The molecule has 1 unspecified atom stereocenters. The van der Waals surface area contributed by atoms with E-state index >= 15 is 0 Å². The van der Waals surface area contributed by atoms with Crippen molar-refractivity contribution in [2.24, 2.45) is 5.92 Å². The van der Waals surface area contributed by atoms with E-state index in [1.165, 1.54) is 24.5 Å². The molecule has 0 aromatic heterocycles. The van der Waals surface area contributed by atoms with E-state index in [2.05, 4.69) is 46.9 Å². The number of piperidine rings is 1. The number of benzene rings is 1. The molecule has 24 heavy (non-hydrogen) atoms. The van der Waals surface area contributed by atoms with Crippen molar-refractivity contribution in [2.45, 2.75) is 52.5 Å². The molecule has 1 atom stereocenters. The highest BCUT2D eigenvalue weighted by Crippen LogP contribution is 2.23. The van der Waals surface area contributed by atoms with Gasteiger partial charge < -0.3 is 0 Å². The summed E-state index contributed by atoms with van der Waals surface area (Å²) in [4.78, 5) is 25.1. The maximum atomic E-state index is 12.0. The van der Waals surface area contributed by atoms with Crippen molar-refractivity contribution in [1.29, 1.82) is 0 Å². The third-order valence-corrected chi connectivity index (χ3v) is 4.90. The topological polar surface area (TPSA) is 61.4 Å². The van der Waals surface area contributed by atoms with E-state index in [9.17, 15) is 9.59 Å². The molecule has 1 heterocycles. The summed E-state index contributed by atoms with van der Waals surface area (Å²) in [5.41, 5.74) is 7.53. The normalized spacial score (nSPS) is 17.3. The molecule has 1 saturated heterocycles. The van der Waals surface area contributed by atoms with E-state index in [0.717, 1.165) is 38.3 Å². The van der Waals surface area contributed by atoms with Gasteiger partial charge in [0.1, 0.15) is 0 Å². The smallest absolute Gasteiger partial charge is 0.255 e. The maximum absolute atomic E-state index is 12.0. The fourth-order valence-corrected chi connectivity index (χ4v) is 3.17. The lowest BCUT2D eigenvalue weighted by atomic mass is 9.90. The van der Waals surface area contributed by atoms with Crippen molar-refractivity contribution in [2.75, 3.05) is 13.1 Å². The Labute approximate surface area is 144 Å². The summed E-state index contributed by atoms with van der Waals surface area (Å²) in [6.45, 7) is 7.26. The third kappa shape index (κ3) is 5.64. The molecule has 0 saturated carbocycles. The van der Waals surface area contributed by atoms with Gasteiger partial charge in [-0.15, -0.1) is 0 Å². The summed E-state index contributed by atoms with van der Waals surface area (Å²) in [5.74, 6) is 0.321. The van der Waals surface area contributed by atoms with E-state index in [4.69, 9.17) is 0 Å². The van der Waals surface area contributed by atoms with Crippen LogP contribution in [-0.2, 0) is 16.0 Å². The number of amides is 2. The number of nitrogens with one attached hydrogen (secondary N) is 2. The molecular formula is C19H29N3O2. The lowest BCUT2D eigenvalue weighted by Crippen LogP contribution is -2.52. The molecule has 2 N–H and O–H groups in total. The number of rotatable bonds is 5. The highest BCUT2D eigenvalue weighted by atomic mass is 16.2. The molecule has 1 aromatic carbocycles. The summed E-state index contributed by atoms with van der Waals surface area (Å²) in [7, 11) is 0. The summed E-state index contributed by atoms with van der Waals surface area (Å²) in [5, 5.41) is 0. The first-order valence-electron chi connectivity index (χ1n) is 8.81. The number of nitrogens with zero attached hydrogens (tertiary/aromatic N) is 1. The predicted octanol–water partition coefficient (Wildman–Crippen LogP) is 2.20. The number of hydrogen-bond donors (Lipinski definition) is 2. The molecule has 5 heteroatoms. The highest BCUT2D eigenvalue weighted by Gasteiger charge is 2.26. The van der Waals surface area contributed by atoms with Gasteiger partial charge in [-0.05, 0) is 64.1 Å². The molecule has 0 bridgehead atoms. The van der Waals surface area contributed by atoms with Gasteiger partial charge in [0.15, 0.2) is 0 Å². The average Bonchev–Trinajstić information content (AvgIpc) is 2.59. The standard InChI is InChI=1S/C19H29N3O2/c1-14-4-6-17(7-5-14)8-9-18-10-12-22(13-11-18)15(2)19(24)21-20-16(3)23/h4-7,15,18H,8-13H2,1-3H3,(H,20,23)(H,21,24). The Hall–Kier alpha value is -1.88. The van der Waals surface area contributed by atoms with Crippen LogP contribution in [0.2, 0.25) is 0 Å². The Morgan fingerprint density at radius 1 is 1.17 bits per heavy atom. The van der Waals surface area contributed by atoms with Crippen LogP contribution in [0.4, 0.5) is 0 Å². The second-order valence-corrected chi connectivity index (χ2v) is 6.85. The Bertz CT molecular complexity index is 548. The molecular weight excluding hydrogens is 302 g/mol. The van der Waals surface area contributed by atoms with Crippen molar-refractivity contribution in [3.05, 3.63) is 35.4 Å². The first kappa shape index (κ1) is 18.5. The van der Waals surface area contributed by atoms with E-state index in [1.54, 1.807) is 0 Å². The highest BCUT2D eigenvalue weighted by molar-refractivity contribution is 5.84. The molecule has 132 valence electrons. The van der Waals surface area contributed by atoms with Crippen molar-refractivity contribution >= 4 is 11.8 Å². The van der Waals surface area contributed by atoms with Crippen molar-refractivity contribution < 1.29 is 9.59 Å². The van der Waals surface area contributed by atoms with Crippen molar-refractivity contribution in [3.63, 3.8) is 0 Å². The summed E-state index contributed by atoms with van der Waals surface area (Å²) in [6, 6.07) is 8.58. The van der Waals surface area contributed by atoms with E-state index in [1.807, 2.05) is 6.92 Å². The van der Waals surface area contributed by atoms with Gasteiger partial charge in [0.2, 0.25) is 5.91 Å². The van der Waals surface area contributed by atoms with Crippen LogP contribution in [0.5, 0.6) is 0 Å². The van der Waals surface area contributed by atoms with Crippen LogP contribution in [0.1, 0.15) is 44.2 Å². The van der Waals surface area contributed by atoms with Gasteiger partial charge in [-0.2, -0.15) is 0 Å². The molecule has 1 aliphatic rings. The fraction of sp³-hybridized carbons (Fsp3) is 0.579. The minimum atomic E-state index is -0.259. The molecule has 2 rings (SSSR count). The molecule has 0 spiro atoms. The SMILES string of the molecule is CC(=O)NNC(=O)C(C)N1CCC(CCc2ccc(C)cc2)CC1. The number of carbonyl (C=O) groups excluding carboxylic acids is 2. The molecule has 0 aliphatic carbocycles. The van der Waals surface area contributed by atoms with Crippen LogP contribution < -0.4 is 10.9 Å².